The van der Waals surface area contributed by atoms with Gasteiger partial charge in [0.1, 0.15) is 18.1 Å². The van der Waals surface area contributed by atoms with Crippen LogP contribution in [0.4, 0.5) is 0 Å². The number of carbonyl (C=O) groups excluding carboxylic acids is 1. The second-order valence-electron chi connectivity index (χ2n) is 3.81. The van der Waals surface area contributed by atoms with Gasteiger partial charge in [0.25, 0.3) is 0 Å². The lowest BCUT2D eigenvalue weighted by atomic mass is 10.1. The fraction of sp³-hybridized carbons (Fsp3) is 0.214. The molecule has 0 aromatic heterocycles. The summed E-state index contributed by atoms with van der Waals surface area (Å²) in [5.74, 6) is 0.840. The molecule has 0 radical (unpaired) electrons. The molecular weight excluding hydrogens is 200 g/mol. The monoisotopic (exact) mass is 214 g/mol. The normalized spacial score (nSPS) is 12.3. The molecule has 0 heterocycles. The summed E-state index contributed by atoms with van der Waals surface area (Å²) in [5.41, 5.74) is 0. The maximum atomic E-state index is 10.4. The molecule has 0 saturated carbocycles. The average molecular weight is 214 g/mol. The third-order valence-corrected chi connectivity index (χ3v) is 2.51. The average Bonchev–Trinajstić information content (AvgIpc) is 2.30. The van der Waals surface area contributed by atoms with E-state index in [-0.39, 0.29) is 6.10 Å². The maximum absolute atomic E-state index is 10.4. The van der Waals surface area contributed by atoms with E-state index in [1.807, 2.05) is 49.4 Å². The smallest absolute Gasteiger partial charge is 0.127 e. The minimum Gasteiger partial charge on any atom is -0.490 e. The first-order valence-corrected chi connectivity index (χ1v) is 5.39. The first-order chi connectivity index (χ1) is 7.81. The number of hydrogen-bond acceptors (Lipinski definition) is 2. The van der Waals surface area contributed by atoms with Crippen molar-refractivity contribution in [2.45, 2.75) is 19.4 Å². The summed E-state index contributed by atoms with van der Waals surface area (Å²) in [6, 6.07) is 14.0. The van der Waals surface area contributed by atoms with E-state index in [0.29, 0.717) is 6.42 Å². The van der Waals surface area contributed by atoms with Crippen LogP contribution in [0.3, 0.4) is 0 Å². The Labute approximate surface area is 94.8 Å². The molecule has 2 rings (SSSR count). The van der Waals surface area contributed by atoms with Crippen molar-refractivity contribution in [2.24, 2.45) is 0 Å². The highest BCUT2D eigenvalue weighted by molar-refractivity contribution is 5.88. The predicted octanol–water partition coefficient (Wildman–Crippen LogP) is 3.20. The molecule has 1 atom stereocenters. The molecule has 0 fully saturated rings. The highest BCUT2D eigenvalue weighted by atomic mass is 16.5. The molecule has 1 unspecified atom stereocenters. The molecule has 82 valence electrons. The van der Waals surface area contributed by atoms with Gasteiger partial charge in [-0.05, 0) is 18.4 Å². The van der Waals surface area contributed by atoms with Crippen LogP contribution >= 0.6 is 0 Å². The van der Waals surface area contributed by atoms with E-state index in [2.05, 4.69) is 0 Å². The molecule has 0 saturated heterocycles. The summed E-state index contributed by atoms with van der Waals surface area (Å²) in [7, 11) is 0. The number of aldehydes is 1. The molecule has 0 spiro atoms. The molecule has 2 aromatic carbocycles. The quantitative estimate of drug-likeness (QED) is 0.730. The predicted molar refractivity (Wildman–Crippen MR) is 64.7 cm³/mol. The second-order valence-corrected chi connectivity index (χ2v) is 3.81. The van der Waals surface area contributed by atoms with E-state index in [0.717, 1.165) is 22.8 Å². The molecule has 0 bridgehead atoms. The standard InChI is InChI=1S/C14H14O2/c1-11(9-10-15)16-14-8-4-6-12-5-2-3-7-13(12)14/h2-8,10-11H,9H2,1H3. The van der Waals surface area contributed by atoms with Gasteiger partial charge >= 0.3 is 0 Å². The van der Waals surface area contributed by atoms with Gasteiger partial charge in [-0.3, -0.25) is 0 Å². The van der Waals surface area contributed by atoms with E-state index < -0.39 is 0 Å². The van der Waals surface area contributed by atoms with Crippen molar-refractivity contribution in [3.8, 4) is 5.75 Å². The van der Waals surface area contributed by atoms with Gasteiger partial charge in [0.2, 0.25) is 0 Å². The fourth-order valence-electron chi connectivity index (χ4n) is 1.70. The first-order valence-electron chi connectivity index (χ1n) is 5.39. The molecular formula is C14H14O2. The highest BCUT2D eigenvalue weighted by Gasteiger charge is 2.05. The zero-order chi connectivity index (χ0) is 11.4. The number of rotatable bonds is 4. The van der Waals surface area contributed by atoms with Gasteiger partial charge in [0.15, 0.2) is 0 Å². The van der Waals surface area contributed by atoms with Crippen LogP contribution in [-0.2, 0) is 4.79 Å². The van der Waals surface area contributed by atoms with Crippen molar-refractivity contribution in [1.82, 2.24) is 0 Å². The summed E-state index contributed by atoms with van der Waals surface area (Å²) < 4.78 is 5.74. The van der Waals surface area contributed by atoms with Crippen molar-refractivity contribution in [3.05, 3.63) is 42.5 Å². The van der Waals surface area contributed by atoms with Crippen molar-refractivity contribution in [2.75, 3.05) is 0 Å². The van der Waals surface area contributed by atoms with Crippen LogP contribution in [-0.4, -0.2) is 12.4 Å². The Morgan fingerprint density at radius 2 is 1.94 bits per heavy atom. The molecule has 0 aliphatic rings. The first kappa shape index (κ1) is 10.7. The van der Waals surface area contributed by atoms with E-state index >= 15 is 0 Å². The highest BCUT2D eigenvalue weighted by Crippen LogP contribution is 2.26. The topological polar surface area (TPSA) is 26.3 Å². The Morgan fingerprint density at radius 3 is 2.75 bits per heavy atom. The number of ether oxygens (including phenoxy) is 1. The number of benzene rings is 2. The molecule has 16 heavy (non-hydrogen) atoms. The summed E-state index contributed by atoms with van der Waals surface area (Å²) in [4.78, 5) is 10.4. The lowest BCUT2D eigenvalue weighted by Crippen LogP contribution is -2.12. The van der Waals surface area contributed by atoms with Gasteiger partial charge in [0.05, 0.1) is 0 Å². The molecule has 2 aromatic rings. The number of carbonyl (C=O) groups is 1. The van der Waals surface area contributed by atoms with E-state index in [9.17, 15) is 4.79 Å². The van der Waals surface area contributed by atoms with Crippen LogP contribution in [0.25, 0.3) is 10.8 Å². The van der Waals surface area contributed by atoms with E-state index in [1.54, 1.807) is 0 Å². The molecule has 0 aliphatic heterocycles. The van der Waals surface area contributed by atoms with Crippen molar-refractivity contribution in [3.63, 3.8) is 0 Å². The number of fused-ring (bicyclic) bond motifs is 1. The van der Waals surface area contributed by atoms with Crippen molar-refractivity contribution in [1.29, 1.82) is 0 Å². The van der Waals surface area contributed by atoms with E-state index in [4.69, 9.17) is 4.74 Å². The Bertz CT molecular complexity index is 486. The van der Waals surface area contributed by atoms with Gasteiger partial charge in [-0.15, -0.1) is 0 Å². The Morgan fingerprint density at radius 1 is 1.19 bits per heavy atom. The van der Waals surface area contributed by atoms with Gasteiger partial charge in [-0.1, -0.05) is 36.4 Å². The van der Waals surface area contributed by atoms with Crippen molar-refractivity contribution < 1.29 is 9.53 Å². The third kappa shape index (κ3) is 2.22. The summed E-state index contributed by atoms with van der Waals surface area (Å²) >= 11 is 0. The largest absolute Gasteiger partial charge is 0.490 e. The molecule has 2 heteroatoms. The van der Waals surface area contributed by atoms with Crippen LogP contribution in [0.15, 0.2) is 42.5 Å². The third-order valence-electron chi connectivity index (χ3n) is 2.51. The maximum Gasteiger partial charge on any atom is 0.127 e. The van der Waals surface area contributed by atoms with Crippen LogP contribution < -0.4 is 4.74 Å². The zero-order valence-corrected chi connectivity index (χ0v) is 9.22. The second kappa shape index (κ2) is 4.79. The lowest BCUT2D eigenvalue weighted by molar-refractivity contribution is -0.109. The van der Waals surface area contributed by atoms with E-state index in [1.165, 1.54) is 0 Å². The van der Waals surface area contributed by atoms with Crippen LogP contribution in [0, 0.1) is 0 Å². The van der Waals surface area contributed by atoms with Crippen LogP contribution in [0.2, 0.25) is 0 Å². The summed E-state index contributed by atoms with van der Waals surface area (Å²) in [5, 5.41) is 2.24. The molecule has 0 N–H and O–H groups in total. The van der Waals surface area contributed by atoms with Gasteiger partial charge in [-0.2, -0.15) is 0 Å². The SMILES string of the molecule is CC(CC=O)Oc1cccc2ccccc12. The summed E-state index contributed by atoms with van der Waals surface area (Å²) in [6.07, 6.45) is 1.22. The fourth-order valence-corrected chi connectivity index (χ4v) is 1.70. The Balaban J connectivity index is 2.33. The minimum atomic E-state index is -0.0803. The Hall–Kier alpha value is -1.83. The van der Waals surface area contributed by atoms with Gasteiger partial charge in [0, 0.05) is 11.8 Å². The lowest BCUT2D eigenvalue weighted by Gasteiger charge is -2.13. The van der Waals surface area contributed by atoms with Gasteiger partial charge < -0.3 is 9.53 Å². The number of hydrogen-bond donors (Lipinski definition) is 0. The zero-order valence-electron chi connectivity index (χ0n) is 9.22. The molecule has 2 nitrogen and oxygen atoms in total. The Kier molecular flexibility index (Phi) is 3.20. The van der Waals surface area contributed by atoms with Crippen molar-refractivity contribution >= 4 is 17.1 Å². The van der Waals surface area contributed by atoms with Crippen LogP contribution in [0.1, 0.15) is 13.3 Å². The minimum absolute atomic E-state index is 0.0803. The van der Waals surface area contributed by atoms with Gasteiger partial charge in [-0.25, -0.2) is 0 Å². The molecule has 0 aliphatic carbocycles. The molecule has 0 amide bonds. The van der Waals surface area contributed by atoms with Crippen LogP contribution in [0.5, 0.6) is 5.75 Å². The summed E-state index contributed by atoms with van der Waals surface area (Å²) in [6.45, 7) is 1.90.